The molecule has 5 N–H and O–H groups in total. The van der Waals surface area contributed by atoms with Crippen molar-refractivity contribution in [3.05, 3.63) is 0 Å². The van der Waals surface area contributed by atoms with Gasteiger partial charge < -0.3 is 30.5 Å². The van der Waals surface area contributed by atoms with E-state index in [1.807, 2.05) is 0 Å². The van der Waals surface area contributed by atoms with E-state index in [0.29, 0.717) is 0 Å². The molecule has 0 aromatic rings. The minimum atomic E-state index is -1.51. The predicted molar refractivity (Wildman–Crippen MR) is 52.6 cm³/mol. The van der Waals surface area contributed by atoms with Crippen molar-refractivity contribution in [1.82, 2.24) is 5.32 Å². The molecule has 0 aromatic heterocycles. The van der Waals surface area contributed by atoms with Crippen LogP contribution in [0, 0.1) is 0 Å². The molecule has 1 aliphatic rings. The number of alkyl halides is 1. The minimum absolute atomic E-state index is 0.338. The largest absolute Gasteiger partial charge is 0.394 e. The zero-order valence-electron chi connectivity index (χ0n) is 8.28. The molecule has 1 rings (SSSR count). The Morgan fingerprint density at radius 3 is 2.44 bits per heavy atom. The van der Waals surface area contributed by atoms with Crippen molar-refractivity contribution in [3.8, 4) is 0 Å². The third-order valence-corrected chi connectivity index (χ3v) is 2.59. The lowest BCUT2D eigenvalue weighted by Crippen LogP contribution is -2.64. The van der Waals surface area contributed by atoms with Gasteiger partial charge in [0.2, 0.25) is 5.91 Å². The molecule has 7 nitrogen and oxygen atoms in total. The van der Waals surface area contributed by atoms with Crippen molar-refractivity contribution in [3.63, 3.8) is 0 Å². The molecule has 0 radical (unpaired) electrons. The quantitative estimate of drug-likeness (QED) is 0.346. The van der Waals surface area contributed by atoms with Crippen LogP contribution in [0.4, 0.5) is 0 Å². The minimum Gasteiger partial charge on any atom is -0.394 e. The Hall–Kier alpha value is -0.440. The first-order valence-electron chi connectivity index (χ1n) is 4.67. The highest BCUT2D eigenvalue weighted by molar-refractivity contribution is 6.27. The van der Waals surface area contributed by atoms with Crippen molar-refractivity contribution < 1.29 is 30.0 Å². The lowest BCUT2D eigenvalue weighted by atomic mass is 9.97. The smallest absolute Gasteiger partial charge is 0.235 e. The summed E-state index contributed by atoms with van der Waals surface area (Å²) in [4.78, 5) is 11.0. The zero-order valence-corrected chi connectivity index (χ0v) is 9.04. The number of amides is 1. The molecule has 0 saturated carbocycles. The van der Waals surface area contributed by atoms with Gasteiger partial charge in [0.15, 0.2) is 6.29 Å². The Balaban J connectivity index is 2.67. The van der Waals surface area contributed by atoms with Crippen LogP contribution in [0.15, 0.2) is 0 Å². The highest BCUT2D eigenvalue weighted by Crippen LogP contribution is 2.19. The van der Waals surface area contributed by atoms with Crippen LogP contribution in [-0.4, -0.2) is 69.5 Å². The van der Waals surface area contributed by atoms with Crippen LogP contribution in [0.1, 0.15) is 0 Å². The predicted octanol–water partition coefficient (Wildman–Crippen LogP) is -2.86. The summed E-state index contributed by atoms with van der Waals surface area (Å²) >= 11 is 5.24. The Labute approximate surface area is 96.6 Å². The Morgan fingerprint density at radius 2 is 1.94 bits per heavy atom. The second kappa shape index (κ2) is 5.76. The van der Waals surface area contributed by atoms with Gasteiger partial charge in [-0.3, -0.25) is 4.79 Å². The summed E-state index contributed by atoms with van der Waals surface area (Å²) in [5.41, 5.74) is 0. The molecule has 0 spiro atoms. The SMILES string of the molecule is O=C(CCl)NC1[C@H](O)OC(CO)[C@H](O)[C@@H]1O. The molecule has 1 heterocycles. The van der Waals surface area contributed by atoms with Gasteiger partial charge in [0.1, 0.15) is 30.2 Å². The number of halogens is 1. The Kier molecular flexibility index (Phi) is 4.90. The number of nitrogens with one attached hydrogen (secondary N) is 1. The van der Waals surface area contributed by atoms with Gasteiger partial charge in [-0.1, -0.05) is 0 Å². The fourth-order valence-corrected chi connectivity index (χ4v) is 1.55. The maximum absolute atomic E-state index is 11.0. The van der Waals surface area contributed by atoms with Crippen molar-refractivity contribution in [2.75, 3.05) is 12.5 Å². The molecule has 8 heteroatoms. The maximum Gasteiger partial charge on any atom is 0.235 e. The van der Waals surface area contributed by atoms with E-state index in [2.05, 4.69) is 5.32 Å². The van der Waals surface area contributed by atoms with Gasteiger partial charge in [0.05, 0.1) is 6.61 Å². The van der Waals surface area contributed by atoms with Gasteiger partial charge >= 0.3 is 0 Å². The number of hydrogen-bond donors (Lipinski definition) is 5. The summed E-state index contributed by atoms with van der Waals surface area (Å²) in [6.45, 7) is -0.550. The number of aliphatic hydroxyl groups excluding tert-OH is 4. The van der Waals surface area contributed by atoms with E-state index in [1.165, 1.54) is 0 Å². The Bertz CT molecular complexity index is 253. The molecule has 5 atom stereocenters. The van der Waals surface area contributed by atoms with E-state index in [4.69, 9.17) is 21.4 Å². The van der Waals surface area contributed by atoms with Gasteiger partial charge in [-0.25, -0.2) is 0 Å². The Morgan fingerprint density at radius 1 is 1.31 bits per heavy atom. The number of carbonyl (C=O) groups is 1. The molecule has 1 fully saturated rings. The zero-order chi connectivity index (χ0) is 12.3. The third-order valence-electron chi connectivity index (χ3n) is 2.35. The summed E-state index contributed by atoms with van der Waals surface area (Å²) in [5, 5.41) is 39.5. The normalized spacial score (nSPS) is 39.4. The molecule has 2 unspecified atom stereocenters. The van der Waals surface area contributed by atoms with Crippen LogP contribution in [0.3, 0.4) is 0 Å². The monoisotopic (exact) mass is 255 g/mol. The van der Waals surface area contributed by atoms with Crippen molar-refractivity contribution in [2.24, 2.45) is 0 Å². The van der Waals surface area contributed by atoms with E-state index in [0.717, 1.165) is 0 Å². The van der Waals surface area contributed by atoms with Gasteiger partial charge in [-0.15, -0.1) is 11.6 Å². The summed E-state index contributed by atoms with van der Waals surface area (Å²) in [6, 6.07) is -1.18. The number of rotatable bonds is 3. The molecular formula is C8H14ClNO6. The number of aliphatic hydroxyl groups is 4. The average molecular weight is 256 g/mol. The molecule has 16 heavy (non-hydrogen) atoms. The van der Waals surface area contributed by atoms with Crippen LogP contribution in [-0.2, 0) is 9.53 Å². The third kappa shape index (κ3) is 2.82. The second-order valence-electron chi connectivity index (χ2n) is 3.46. The van der Waals surface area contributed by atoms with Crippen molar-refractivity contribution >= 4 is 17.5 Å². The van der Waals surface area contributed by atoms with Crippen LogP contribution in [0.2, 0.25) is 0 Å². The average Bonchev–Trinajstić information content (AvgIpc) is 2.28. The first kappa shape index (κ1) is 13.6. The first-order chi connectivity index (χ1) is 7.51. The summed E-state index contributed by atoms with van der Waals surface area (Å²) < 4.78 is 4.81. The fraction of sp³-hybridized carbons (Fsp3) is 0.875. The molecular weight excluding hydrogens is 242 g/mol. The van der Waals surface area contributed by atoms with Crippen LogP contribution in [0.25, 0.3) is 0 Å². The molecule has 0 bridgehead atoms. The van der Waals surface area contributed by atoms with Crippen molar-refractivity contribution in [1.29, 1.82) is 0 Å². The fourth-order valence-electron chi connectivity index (χ4n) is 1.48. The molecule has 94 valence electrons. The molecule has 0 aliphatic carbocycles. The number of ether oxygens (including phenoxy) is 1. The number of hydrogen-bond acceptors (Lipinski definition) is 6. The lowest BCUT2D eigenvalue weighted by molar-refractivity contribution is -0.253. The van der Waals surface area contributed by atoms with E-state index >= 15 is 0 Å². The number of carbonyl (C=O) groups excluding carboxylic acids is 1. The van der Waals surface area contributed by atoms with Crippen LogP contribution < -0.4 is 5.32 Å². The van der Waals surface area contributed by atoms with Gasteiger partial charge in [0.25, 0.3) is 0 Å². The highest BCUT2D eigenvalue weighted by atomic mass is 35.5. The van der Waals surface area contributed by atoms with Crippen LogP contribution in [0.5, 0.6) is 0 Å². The molecule has 1 aliphatic heterocycles. The van der Waals surface area contributed by atoms with Gasteiger partial charge in [-0.2, -0.15) is 0 Å². The van der Waals surface area contributed by atoms with E-state index < -0.39 is 43.2 Å². The molecule has 1 saturated heterocycles. The topological polar surface area (TPSA) is 119 Å². The van der Waals surface area contributed by atoms with E-state index in [-0.39, 0.29) is 5.88 Å². The summed E-state index contributed by atoms with van der Waals surface area (Å²) in [7, 11) is 0. The van der Waals surface area contributed by atoms with E-state index in [9.17, 15) is 20.1 Å². The molecule has 1 amide bonds. The van der Waals surface area contributed by atoms with Crippen molar-refractivity contribution in [2.45, 2.75) is 30.6 Å². The van der Waals surface area contributed by atoms with Crippen LogP contribution >= 0.6 is 11.6 Å². The molecule has 0 aromatic carbocycles. The summed E-state index contributed by atoms with van der Waals surface area (Å²) in [6.07, 6.45) is -5.43. The lowest BCUT2D eigenvalue weighted by Gasteiger charge is -2.40. The second-order valence-corrected chi connectivity index (χ2v) is 3.72. The van der Waals surface area contributed by atoms with E-state index in [1.54, 1.807) is 0 Å². The standard InChI is InChI=1S/C8H14ClNO6/c9-1-4(12)10-5-7(14)6(13)3(2-11)16-8(5)15/h3,5-8,11,13-15H,1-2H2,(H,10,12)/t3?,5?,6-,7+,8+/m0/s1. The first-order valence-corrected chi connectivity index (χ1v) is 5.20. The maximum atomic E-state index is 11.0. The van der Waals surface area contributed by atoms with Gasteiger partial charge in [-0.05, 0) is 0 Å². The highest BCUT2D eigenvalue weighted by Gasteiger charge is 2.44. The summed E-state index contributed by atoms with van der Waals surface area (Å²) in [5.74, 6) is -0.946. The van der Waals surface area contributed by atoms with Gasteiger partial charge in [0, 0.05) is 0 Å².